The fourth-order valence-electron chi connectivity index (χ4n) is 0.957. The molecule has 0 spiro atoms. The Bertz CT molecular complexity index is 299. The summed E-state index contributed by atoms with van der Waals surface area (Å²) in [6.07, 6.45) is 0.998. The molecule has 0 aromatic heterocycles. The fourth-order valence-corrected chi connectivity index (χ4v) is 0.957. The number of carbonyl (C=O) groups is 1. The predicted molar refractivity (Wildman–Crippen MR) is 49.1 cm³/mol. The monoisotopic (exact) mass is 179 g/mol. The van der Waals surface area contributed by atoms with Gasteiger partial charge in [-0.25, -0.2) is 4.79 Å². The first-order chi connectivity index (χ1) is 6.22. The fraction of sp³-hybridized carbons (Fsp3) is 0.111. The number of rotatable bonds is 3. The molecule has 4 heteroatoms. The van der Waals surface area contributed by atoms with E-state index in [4.69, 9.17) is 11.5 Å². The Morgan fingerprint density at radius 2 is 2.31 bits per heavy atom. The SMILES string of the molecule is NC[CH]c1cccc(OC(N)=O)c1. The zero-order chi connectivity index (χ0) is 9.68. The molecule has 0 unspecified atom stereocenters. The van der Waals surface area contributed by atoms with Crippen molar-refractivity contribution in [2.75, 3.05) is 6.54 Å². The Kier molecular flexibility index (Phi) is 3.28. The van der Waals surface area contributed by atoms with Crippen molar-refractivity contribution in [3.8, 4) is 5.75 Å². The van der Waals surface area contributed by atoms with Crippen molar-refractivity contribution in [3.05, 3.63) is 36.2 Å². The number of amides is 1. The van der Waals surface area contributed by atoms with E-state index in [1.54, 1.807) is 18.2 Å². The second-order valence-corrected chi connectivity index (χ2v) is 2.43. The van der Waals surface area contributed by atoms with Crippen molar-refractivity contribution >= 4 is 6.09 Å². The molecule has 0 saturated heterocycles. The van der Waals surface area contributed by atoms with E-state index >= 15 is 0 Å². The number of hydrogen-bond donors (Lipinski definition) is 2. The van der Waals surface area contributed by atoms with Crippen LogP contribution in [-0.4, -0.2) is 12.6 Å². The molecule has 1 aromatic rings. The average molecular weight is 179 g/mol. The number of nitrogens with two attached hydrogens (primary N) is 2. The highest BCUT2D eigenvalue weighted by Gasteiger charge is 1.99. The summed E-state index contributed by atoms with van der Waals surface area (Å²) in [4.78, 5) is 10.4. The first-order valence-corrected chi connectivity index (χ1v) is 3.83. The molecule has 0 heterocycles. The molecular formula is C9H11N2O2. The van der Waals surface area contributed by atoms with Gasteiger partial charge in [0.25, 0.3) is 0 Å². The molecule has 0 aliphatic rings. The molecular weight excluding hydrogens is 168 g/mol. The van der Waals surface area contributed by atoms with E-state index in [-0.39, 0.29) is 0 Å². The van der Waals surface area contributed by atoms with Gasteiger partial charge in [0.15, 0.2) is 0 Å². The van der Waals surface area contributed by atoms with Crippen molar-refractivity contribution in [2.45, 2.75) is 0 Å². The first-order valence-electron chi connectivity index (χ1n) is 3.83. The summed E-state index contributed by atoms with van der Waals surface area (Å²) in [6, 6.07) is 6.97. The van der Waals surface area contributed by atoms with Gasteiger partial charge in [0.1, 0.15) is 5.75 Å². The van der Waals surface area contributed by atoms with E-state index < -0.39 is 6.09 Å². The molecule has 69 valence electrons. The van der Waals surface area contributed by atoms with Gasteiger partial charge in [-0.05, 0) is 24.2 Å². The number of ether oxygens (including phenoxy) is 1. The summed E-state index contributed by atoms with van der Waals surface area (Å²) in [5.74, 6) is 0.426. The Labute approximate surface area is 76.5 Å². The van der Waals surface area contributed by atoms with Crippen LogP contribution in [0, 0.1) is 6.42 Å². The van der Waals surface area contributed by atoms with Crippen LogP contribution in [-0.2, 0) is 0 Å². The van der Waals surface area contributed by atoms with Crippen LogP contribution in [0.15, 0.2) is 24.3 Å². The zero-order valence-electron chi connectivity index (χ0n) is 7.07. The van der Waals surface area contributed by atoms with E-state index in [1.165, 1.54) is 0 Å². The molecule has 0 atom stereocenters. The minimum atomic E-state index is -0.815. The zero-order valence-corrected chi connectivity index (χ0v) is 7.07. The number of benzene rings is 1. The summed E-state index contributed by atoms with van der Waals surface area (Å²) < 4.78 is 4.68. The standard InChI is InChI=1S/C9H11N2O2/c10-5-4-7-2-1-3-8(6-7)13-9(11)12/h1-4,6H,5,10H2,(H2,11,12). The quantitative estimate of drug-likeness (QED) is 0.715. The normalized spacial score (nSPS) is 9.62. The minimum Gasteiger partial charge on any atom is -0.410 e. The maximum absolute atomic E-state index is 10.4. The molecule has 1 amide bonds. The average Bonchev–Trinajstić information content (AvgIpc) is 2.04. The maximum Gasteiger partial charge on any atom is 0.409 e. The Morgan fingerprint density at radius 1 is 1.54 bits per heavy atom. The second kappa shape index (κ2) is 4.47. The minimum absolute atomic E-state index is 0.426. The van der Waals surface area contributed by atoms with Crippen LogP contribution in [0.3, 0.4) is 0 Å². The van der Waals surface area contributed by atoms with Crippen molar-refractivity contribution < 1.29 is 9.53 Å². The van der Waals surface area contributed by atoms with Crippen molar-refractivity contribution in [1.29, 1.82) is 0 Å². The van der Waals surface area contributed by atoms with Crippen LogP contribution in [0.25, 0.3) is 0 Å². The number of carbonyl (C=O) groups excluding carboxylic acids is 1. The van der Waals surface area contributed by atoms with Crippen LogP contribution in [0.4, 0.5) is 4.79 Å². The Morgan fingerprint density at radius 3 is 2.92 bits per heavy atom. The number of hydrogen-bond acceptors (Lipinski definition) is 3. The summed E-state index contributed by atoms with van der Waals surface area (Å²) in [6.45, 7) is 0.444. The third kappa shape index (κ3) is 3.13. The summed E-state index contributed by atoms with van der Waals surface area (Å²) in [7, 11) is 0. The molecule has 0 aliphatic heterocycles. The topological polar surface area (TPSA) is 78.3 Å². The van der Waals surface area contributed by atoms with Gasteiger partial charge in [-0.1, -0.05) is 12.1 Å². The van der Waals surface area contributed by atoms with Gasteiger partial charge in [0.2, 0.25) is 0 Å². The highest BCUT2D eigenvalue weighted by molar-refractivity contribution is 5.68. The lowest BCUT2D eigenvalue weighted by Gasteiger charge is -2.02. The van der Waals surface area contributed by atoms with Gasteiger partial charge >= 0.3 is 6.09 Å². The van der Waals surface area contributed by atoms with E-state index in [1.807, 2.05) is 12.5 Å². The predicted octanol–water partition coefficient (Wildman–Crippen LogP) is 0.655. The molecule has 0 bridgehead atoms. The molecule has 1 rings (SSSR count). The number of primary amides is 1. The van der Waals surface area contributed by atoms with Crippen LogP contribution in [0.2, 0.25) is 0 Å². The van der Waals surface area contributed by atoms with Crippen molar-refractivity contribution in [3.63, 3.8) is 0 Å². The van der Waals surface area contributed by atoms with E-state index in [0.29, 0.717) is 12.3 Å². The lowest BCUT2D eigenvalue weighted by Crippen LogP contribution is -2.16. The Hall–Kier alpha value is -1.55. The van der Waals surface area contributed by atoms with Crippen LogP contribution < -0.4 is 16.2 Å². The lowest BCUT2D eigenvalue weighted by atomic mass is 10.1. The van der Waals surface area contributed by atoms with Crippen LogP contribution in [0.1, 0.15) is 5.56 Å². The molecule has 13 heavy (non-hydrogen) atoms. The largest absolute Gasteiger partial charge is 0.410 e. The van der Waals surface area contributed by atoms with Gasteiger partial charge in [0, 0.05) is 6.42 Å². The molecule has 4 nitrogen and oxygen atoms in total. The van der Waals surface area contributed by atoms with E-state index in [2.05, 4.69) is 4.74 Å². The highest BCUT2D eigenvalue weighted by Crippen LogP contribution is 2.13. The third-order valence-corrected chi connectivity index (χ3v) is 1.43. The van der Waals surface area contributed by atoms with E-state index in [9.17, 15) is 4.79 Å². The highest BCUT2D eigenvalue weighted by atomic mass is 16.5. The molecule has 0 saturated carbocycles. The summed E-state index contributed by atoms with van der Waals surface area (Å²) in [5, 5.41) is 0. The van der Waals surface area contributed by atoms with Crippen LogP contribution in [0.5, 0.6) is 5.75 Å². The molecule has 0 aliphatic carbocycles. The second-order valence-electron chi connectivity index (χ2n) is 2.43. The Balaban J connectivity index is 2.73. The maximum atomic E-state index is 10.4. The van der Waals surface area contributed by atoms with Crippen LogP contribution >= 0.6 is 0 Å². The molecule has 4 N–H and O–H groups in total. The first kappa shape index (κ1) is 9.54. The van der Waals surface area contributed by atoms with Gasteiger partial charge < -0.3 is 16.2 Å². The van der Waals surface area contributed by atoms with Gasteiger partial charge in [-0.2, -0.15) is 0 Å². The molecule has 1 aromatic carbocycles. The van der Waals surface area contributed by atoms with Crippen molar-refractivity contribution in [2.24, 2.45) is 11.5 Å². The van der Waals surface area contributed by atoms with Gasteiger partial charge in [-0.15, -0.1) is 0 Å². The van der Waals surface area contributed by atoms with Gasteiger partial charge in [-0.3, -0.25) is 0 Å². The summed E-state index contributed by atoms with van der Waals surface area (Å²) >= 11 is 0. The van der Waals surface area contributed by atoms with Gasteiger partial charge in [0.05, 0.1) is 0 Å². The molecule has 0 fully saturated rings. The summed E-state index contributed by atoms with van der Waals surface area (Å²) in [5.41, 5.74) is 11.1. The lowest BCUT2D eigenvalue weighted by molar-refractivity contribution is 0.211. The smallest absolute Gasteiger partial charge is 0.409 e. The third-order valence-electron chi connectivity index (χ3n) is 1.43. The van der Waals surface area contributed by atoms with E-state index in [0.717, 1.165) is 5.56 Å². The molecule has 1 radical (unpaired) electrons. The van der Waals surface area contributed by atoms with Crippen molar-refractivity contribution in [1.82, 2.24) is 0 Å².